The fourth-order valence-electron chi connectivity index (χ4n) is 3.71. The fraction of sp³-hybridized carbons (Fsp3) is 0.136. The van der Waals surface area contributed by atoms with Gasteiger partial charge in [0.15, 0.2) is 5.72 Å². The molecule has 1 aliphatic rings. The number of nitrogens with zero attached hydrogens (tertiary/aromatic N) is 2. The highest BCUT2D eigenvalue weighted by atomic mass is 79.9. The monoisotopic (exact) mass is 534 g/mol. The van der Waals surface area contributed by atoms with E-state index in [0.29, 0.717) is 22.0 Å². The number of rotatable bonds is 3. The second-order valence-electron chi connectivity index (χ2n) is 6.85. The molecule has 0 radical (unpaired) electrons. The first-order valence-corrected chi connectivity index (χ1v) is 10.9. The molecule has 0 bridgehead atoms. The normalized spacial score (nSPS) is 21.7. The van der Waals surface area contributed by atoms with Gasteiger partial charge in [-0.15, -0.1) is 0 Å². The molecular formula is C22H17Br2ClN2O2. The summed E-state index contributed by atoms with van der Waals surface area (Å²) >= 11 is 13.1. The van der Waals surface area contributed by atoms with Crippen LogP contribution in [0.3, 0.4) is 0 Å². The molecule has 1 fully saturated rings. The van der Waals surface area contributed by atoms with Crippen molar-refractivity contribution in [2.45, 2.75) is 18.7 Å². The largest absolute Gasteiger partial charge is 0.365 e. The summed E-state index contributed by atoms with van der Waals surface area (Å²) < 4.78 is 1.80. The highest BCUT2D eigenvalue weighted by molar-refractivity contribution is 9.10. The van der Waals surface area contributed by atoms with Gasteiger partial charge in [-0.2, -0.15) is 0 Å². The lowest BCUT2D eigenvalue weighted by Gasteiger charge is -2.35. The summed E-state index contributed by atoms with van der Waals surface area (Å²) in [6.07, 6.45) is 0. The lowest BCUT2D eigenvalue weighted by molar-refractivity contribution is 0.0372. The Hall–Kier alpha value is -1.86. The van der Waals surface area contributed by atoms with Gasteiger partial charge in [-0.05, 0) is 67.6 Å². The summed E-state index contributed by atoms with van der Waals surface area (Å²) in [4.78, 5) is 16.6. The van der Waals surface area contributed by atoms with Gasteiger partial charge in [0.2, 0.25) is 0 Å². The number of amides is 2. The fourth-order valence-corrected chi connectivity index (χ4v) is 4.43. The molecule has 0 spiro atoms. The average Bonchev–Trinajstić information content (AvgIpc) is 2.90. The van der Waals surface area contributed by atoms with Gasteiger partial charge in [0.1, 0.15) is 0 Å². The van der Waals surface area contributed by atoms with Crippen LogP contribution in [0.4, 0.5) is 16.2 Å². The summed E-state index contributed by atoms with van der Waals surface area (Å²) in [7, 11) is 0. The zero-order chi connectivity index (χ0) is 20.8. The van der Waals surface area contributed by atoms with E-state index >= 15 is 0 Å². The molecule has 1 aliphatic heterocycles. The van der Waals surface area contributed by atoms with E-state index in [1.165, 1.54) is 4.90 Å². The van der Waals surface area contributed by atoms with Crippen molar-refractivity contribution in [2.24, 2.45) is 0 Å². The third-order valence-electron chi connectivity index (χ3n) is 5.15. The number of benzene rings is 3. The number of carbonyl (C=O) groups excluding carboxylic acids is 1. The molecule has 29 heavy (non-hydrogen) atoms. The number of anilines is 2. The van der Waals surface area contributed by atoms with Gasteiger partial charge in [0.25, 0.3) is 0 Å². The Bertz CT molecular complexity index is 1060. The number of halogens is 3. The third-order valence-corrected chi connectivity index (χ3v) is 6.44. The Kier molecular flexibility index (Phi) is 5.46. The smallest absolute Gasteiger partial charge is 0.332 e. The summed E-state index contributed by atoms with van der Waals surface area (Å²) in [5.74, 6) is 0. The van der Waals surface area contributed by atoms with Crippen LogP contribution >= 0.6 is 43.5 Å². The van der Waals surface area contributed by atoms with E-state index < -0.39 is 11.8 Å². The van der Waals surface area contributed by atoms with Crippen LogP contribution in [0.5, 0.6) is 0 Å². The Labute approximate surface area is 191 Å². The lowest BCUT2D eigenvalue weighted by atomic mass is 9.94. The first kappa shape index (κ1) is 20.4. The van der Waals surface area contributed by atoms with Crippen LogP contribution in [0.1, 0.15) is 12.5 Å². The van der Waals surface area contributed by atoms with Crippen molar-refractivity contribution in [3.05, 3.63) is 92.3 Å². The highest BCUT2D eigenvalue weighted by Gasteiger charge is 2.56. The molecule has 2 amide bonds. The predicted octanol–water partition coefficient (Wildman–Crippen LogP) is 6.55. The minimum atomic E-state index is -1.61. The molecule has 0 saturated carbocycles. The maximum absolute atomic E-state index is 13.6. The summed E-state index contributed by atoms with van der Waals surface area (Å²) in [6.45, 7) is 1.83. The van der Waals surface area contributed by atoms with Crippen molar-refractivity contribution in [3.63, 3.8) is 0 Å². The van der Waals surface area contributed by atoms with Crippen molar-refractivity contribution in [3.8, 4) is 0 Å². The van der Waals surface area contributed by atoms with E-state index in [0.717, 1.165) is 8.95 Å². The predicted molar refractivity (Wildman–Crippen MR) is 123 cm³/mol. The van der Waals surface area contributed by atoms with Crippen LogP contribution in [0.15, 0.2) is 81.7 Å². The third kappa shape index (κ3) is 3.48. The van der Waals surface area contributed by atoms with Crippen LogP contribution in [0.2, 0.25) is 5.02 Å². The van der Waals surface area contributed by atoms with E-state index in [2.05, 4.69) is 31.9 Å². The van der Waals surface area contributed by atoms with Crippen molar-refractivity contribution in [1.29, 1.82) is 0 Å². The molecule has 1 saturated heterocycles. The molecule has 1 N–H and O–H groups in total. The van der Waals surface area contributed by atoms with E-state index in [1.54, 1.807) is 41.3 Å². The highest BCUT2D eigenvalue weighted by Crippen LogP contribution is 2.45. The molecule has 4 nitrogen and oxygen atoms in total. The first-order valence-electron chi connectivity index (χ1n) is 8.95. The van der Waals surface area contributed by atoms with Gasteiger partial charge in [-0.1, -0.05) is 55.6 Å². The average molecular weight is 537 g/mol. The molecule has 3 aromatic carbocycles. The van der Waals surface area contributed by atoms with Crippen molar-refractivity contribution < 1.29 is 9.90 Å². The number of carbonyl (C=O) groups is 1. The SMILES string of the molecule is CC1N(c2ccc(Br)cc2)C(=O)N(c2ccc(Br)cc2)C1(O)c1cccc(Cl)c1. The quantitative estimate of drug-likeness (QED) is 0.413. The van der Waals surface area contributed by atoms with Crippen LogP contribution in [-0.2, 0) is 5.72 Å². The second kappa shape index (κ2) is 7.76. The van der Waals surface area contributed by atoms with Crippen LogP contribution in [0, 0.1) is 0 Å². The molecule has 0 aliphatic carbocycles. The van der Waals surface area contributed by atoms with Crippen molar-refractivity contribution in [1.82, 2.24) is 0 Å². The van der Waals surface area contributed by atoms with E-state index in [1.807, 2.05) is 43.3 Å². The standard InChI is InChI=1S/C22H17Br2ClN2O2/c1-14-22(29,15-3-2-4-18(25)13-15)27(20-11-7-17(24)8-12-20)21(28)26(14)19-9-5-16(23)6-10-19/h2-14,29H,1H3. The number of hydrogen-bond acceptors (Lipinski definition) is 2. The molecule has 1 heterocycles. The Morgan fingerprint density at radius 1 is 0.931 bits per heavy atom. The van der Waals surface area contributed by atoms with Crippen LogP contribution < -0.4 is 9.80 Å². The molecule has 148 valence electrons. The summed E-state index contributed by atoms with van der Waals surface area (Å²) in [5, 5.41) is 12.5. The molecule has 4 rings (SSSR count). The van der Waals surface area contributed by atoms with Gasteiger partial charge >= 0.3 is 6.03 Å². The van der Waals surface area contributed by atoms with Crippen molar-refractivity contribution in [2.75, 3.05) is 9.80 Å². The Balaban J connectivity index is 1.90. The topological polar surface area (TPSA) is 43.8 Å². The summed E-state index contributed by atoms with van der Waals surface area (Å²) in [6, 6.07) is 20.8. The van der Waals surface area contributed by atoms with E-state index in [9.17, 15) is 9.90 Å². The Morgan fingerprint density at radius 3 is 2.03 bits per heavy atom. The van der Waals surface area contributed by atoms with Gasteiger partial charge < -0.3 is 5.11 Å². The maximum atomic E-state index is 13.6. The minimum Gasteiger partial charge on any atom is -0.365 e. The lowest BCUT2D eigenvalue weighted by Crippen LogP contribution is -2.48. The van der Waals surface area contributed by atoms with E-state index in [4.69, 9.17) is 11.6 Å². The molecular weight excluding hydrogens is 520 g/mol. The molecule has 2 unspecified atom stereocenters. The minimum absolute atomic E-state index is 0.315. The van der Waals surface area contributed by atoms with E-state index in [-0.39, 0.29) is 6.03 Å². The zero-order valence-electron chi connectivity index (χ0n) is 15.4. The Morgan fingerprint density at radius 2 is 1.48 bits per heavy atom. The number of aliphatic hydroxyl groups is 1. The van der Waals surface area contributed by atoms with Gasteiger partial charge in [-0.3, -0.25) is 9.80 Å². The molecule has 2 atom stereocenters. The molecule has 0 aromatic heterocycles. The first-order chi connectivity index (χ1) is 13.8. The van der Waals surface area contributed by atoms with Gasteiger partial charge in [0, 0.05) is 30.9 Å². The molecule has 3 aromatic rings. The maximum Gasteiger partial charge on any atom is 0.332 e. The van der Waals surface area contributed by atoms with Gasteiger partial charge in [0.05, 0.1) is 6.04 Å². The summed E-state index contributed by atoms with van der Waals surface area (Å²) in [5.41, 5.74) is 0.231. The number of urea groups is 1. The van der Waals surface area contributed by atoms with Crippen molar-refractivity contribution >= 4 is 60.9 Å². The van der Waals surface area contributed by atoms with Gasteiger partial charge in [-0.25, -0.2) is 4.79 Å². The zero-order valence-corrected chi connectivity index (χ0v) is 19.3. The number of hydrogen-bond donors (Lipinski definition) is 1. The van der Waals surface area contributed by atoms with Crippen LogP contribution in [0.25, 0.3) is 0 Å². The second-order valence-corrected chi connectivity index (χ2v) is 9.12. The van der Waals surface area contributed by atoms with Crippen LogP contribution in [-0.4, -0.2) is 17.2 Å². The molecule has 7 heteroatoms.